The van der Waals surface area contributed by atoms with Gasteiger partial charge in [-0.3, -0.25) is 9.69 Å². The molecule has 0 aliphatic carbocycles. The molecule has 0 saturated carbocycles. The van der Waals surface area contributed by atoms with Gasteiger partial charge in [0.25, 0.3) is 0 Å². The van der Waals surface area contributed by atoms with Gasteiger partial charge in [0, 0.05) is 45.1 Å². The second kappa shape index (κ2) is 8.55. The molecule has 4 rings (SSSR count). The molecular weight excluding hydrogens is 354 g/mol. The molecule has 3 heterocycles. The smallest absolute Gasteiger partial charge is 0.225 e. The van der Waals surface area contributed by atoms with E-state index in [9.17, 15) is 4.79 Å². The summed E-state index contributed by atoms with van der Waals surface area (Å²) in [6, 6.07) is 16.8. The maximum absolute atomic E-state index is 13.0. The maximum Gasteiger partial charge on any atom is 0.225 e. The van der Waals surface area contributed by atoms with Gasteiger partial charge < -0.3 is 9.47 Å². The van der Waals surface area contributed by atoms with Crippen molar-refractivity contribution >= 4 is 17.2 Å². The number of aromatic nitrogens is 1. The molecule has 0 radical (unpaired) electrons. The van der Waals surface area contributed by atoms with Crippen molar-refractivity contribution in [3.05, 3.63) is 82.8 Å². The Morgan fingerprint density at radius 2 is 1.70 bits per heavy atom. The van der Waals surface area contributed by atoms with E-state index in [0.29, 0.717) is 6.42 Å². The molecule has 140 valence electrons. The van der Waals surface area contributed by atoms with E-state index in [2.05, 4.69) is 56.6 Å². The highest BCUT2D eigenvalue weighted by Gasteiger charge is 2.25. The first kappa shape index (κ1) is 18.0. The number of hydrogen-bond donors (Lipinski definition) is 0. The molecule has 1 saturated heterocycles. The summed E-state index contributed by atoms with van der Waals surface area (Å²) in [7, 11) is 0. The van der Waals surface area contributed by atoms with E-state index in [1.807, 2.05) is 29.4 Å². The number of thiophene rings is 1. The van der Waals surface area contributed by atoms with Crippen LogP contribution in [0.5, 0.6) is 0 Å². The predicted molar refractivity (Wildman–Crippen MR) is 110 cm³/mol. The SMILES string of the molecule is O=C(CC(c1ccsc1)n1cccc1)N1CCN(Cc2ccccc2)CC1. The first-order valence-corrected chi connectivity index (χ1v) is 10.4. The molecule has 4 nitrogen and oxygen atoms in total. The Morgan fingerprint density at radius 1 is 0.963 bits per heavy atom. The van der Waals surface area contributed by atoms with Crippen LogP contribution in [0.2, 0.25) is 0 Å². The Labute approximate surface area is 164 Å². The summed E-state index contributed by atoms with van der Waals surface area (Å²) in [6.07, 6.45) is 4.62. The van der Waals surface area contributed by atoms with Crippen LogP contribution >= 0.6 is 11.3 Å². The molecule has 1 amide bonds. The third-order valence-electron chi connectivity index (χ3n) is 5.26. The summed E-state index contributed by atoms with van der Waals surface area (Å²) in [5.74, 6) is 0.249. The van der Waals surface area contributed by atoms with Gasteiger partial charge in [-0.25, -0.2) is 0 Å². The third-order valence-corrected chi connectivity index (χ3v) is 5.96. The molecule has 1 unspecified atom stereocenters. The van der Waals surface area contributed by atoms with Gasteiger partial charge in [0.1, 0.15) is 0 Å². The predicted octanol–water partition coefficient (Wildman–Crippen LogP) is 3.87. The van der Waals surface area contributed by atoms with E-state index in [0.717, 1.165) is 32.7 Å². The molecule has 0 bridgehead atoms. The summed E-state index contributed by atoms with van der Waals surface area (Å²) in [4.78, 5) is 17.4. The Balaban J connectivity index is 1.35. The zero-order valence-electron chi connectivity index (χ0n) is 15.4. The van der Waals surface area contributed by atoms with Crippen LogP contribution in [-0.4, -0.2) is 46.5 Å². The highest BCUT2D eigenvalue weighted by atomic mass is 32.1. The largest absolute Gasteiger partial charge is 0.346 e. The van der Waals surface area contributed by atoms with Crippen LogP contribution in [0.25, 0.3) is 0 Å². The zero-order chi connectivity index (χ0) is 18.5. The van der Waals surface area contributed by atoms with Crippen LogP contribution in [0.1, 0.15) is 23.6 Å². The van der Waals surface area contributed by atoms with Crippen molar-refractivity contribution in [2.45, 2.75) is 19.0 Å². The van der Waals surface area contributed by atoms with E-state index in [1.165, 1.54) is 11.1 Å². The topological polar surface area (TPSA) is 28.5 Å². The number of rotatable bonds is 6. The van der Waals surface area contributed by atoms with Crippen molar-refractivity contribution in [2.75, 3.05) is 26.2 Å². The Hall–Kier alpha value is -2.37. The second-order valence-corrected chi connectivity index (χ2v) is 7.83. The molecule has 1 atom stereocenters. The van der Waals surface area contributed by atoms with Gasteiger partial charge >= 0.3 is 0 Å². The minimum absolute atomic E-state index is 0.0844. The van der Waals surface area contributed by atoms with Crippen LogP contribution in [0.15, 0.2) is 71.7 Å². The Morgan fingerprint density at radius 3 is 2.37 bits per heavy atom. The van der Waals surface area contributed by atoms with Crippen LogP contribution in [0.3, 0.4) is 0 Å². The highest BCUT2D eigenvalue weighted by molar-refractivity contribution is 7.08. The van der Waals surface area contributed by atoms with Crippen molar-refractivity contribution in [3.63, 3.8) is 0 Å². The standard InChI is InChI=1S/C22H25N3OS/c26-22(16-21(20-8-15-27-18-20)24-9-4-5-10-24)25-13-11-23(12-14-25)17-19-6-2-1-3-7-19/h1-10,15,18,21H,11-14,16-17H2. The molecule has 1 fully saturated rings. The summed E-state index contributed by atoms with van der Waals surface area (Å²) in [5, 5.41) is 4.23. The van der Waals surface area contributed by atoms with E-state index >= 15 is 0 Å². The molecule has 27 heavy (non-hydrogen) atoms. The number of carbonyl (C=O) groups excluding carboxylic acids is 1. The first-order chi connectivity index (χ1) is 13.3. The lowest BCUT2D eigenvalue weighted by molar-refractivity contribution is -0.133. The number of benzene rings is 1. The van der Waals surface area contributed by atoms with Crippen LogP contribution in [-0.2, 0) is 11.3 Å². The van der Waals surface area contributed by atoms with Crippen LogP contribution in [0.4, 0.5) is 0 Å². The van der Waals surface area contributed by atoms with Crippen LogP contribution in [0, 0.1) is 0 Å². The Bertz CT molecular complexity index is 788. The quantitative estimate of drug-likeness (QED) is 0.650. The lowest BCUT2D eigenvalue weighted by atomic mass is 10.1. The van der Waals surface area contributed by atoms with Crippen LogP contribution < -0.4 is 0 Å². The van der Waals surface area contributed by atoms with E-state index in [1.54, 1.807) is 11.3 Å². The molecule has 0 spiro atoms. The van der Waals surface area contributed by atoms with Gasteiger partial charge in [0.15, 0.2) is 0 Å². The Kier molecular flexibility index (Phi) is 5.70. The fourth-order valence-corrected chi connectivity index (χ4v) is 4.41. The molecule has 3 aromatic rings. The molecule has 1 aliphatic heterocycles. The van der Waals surface area contributed by atoms with E-state index in [4.69, 9.17) is 0 Å². The molecule has 5 heteroatoms. The minimum atomic E-state index is 0.0844. The average Bonchev–Trinajstić information content (AvgIpc) is 3.42. The molecule has 1 aliphatic rings. The number of amides is 1. The summed E-state index contributed by atoms with van der Waals surface area (Å²) in [5.41, 5.74) is 2.55. The number of piperazine rings is 1. The molecule has 2 aromatic heterocycles. The maximum atomic E-state index is 13.0. The molecule has 0 N–H and O–H groups in total. The number of nitrogens with zero attached hydrogens (tertiary/aromatic N) is 3. The van der Waals surface area contributed by atoms with Gasteiger partial charge in [-0.1, -0.05) is 30.3 Å². The summed E-state index contributed by atoms with van der Waals surface area (Å²) >= 11 is 1.68. The van der Waals surface area contributed by atoms with Crippen molar-refractivity contribution in [3.8, 4) is 0 Å². The van der Waals surface area contributed by atoms with E-state index < -0.39 is 0 Å². The summed E-state index contributed by atoms with van der Waals surface area (Å²) < 4.78 is 2.14. The fraction of sp³-hybridized carbons (Fsp3) is 0.318. The zero-order valence-corrected chi connectivity index (χ0v) is 16.2. The van der Waals surface area contributed by atoms with Crippen molar-refractivity contribution in [1.82, 2.24) is 14.4 Å². The number of hydrogen-bond acceptors (Lipinski definition) is 3. The van der Waals surface area contributed by atoms with Crippen molar-refractivity contribution < 1.29 is 4.79 Å². The van der Waals surface area contributed by atoms with E-state index in [-0.39, 0.29) is 11.9 Å². The van der Waals surface area contributed by atoms with Gasteiger partial charge in [0.05, 0.1) is 12.5 Å². The fourth-order valence-electron chi connectivity index (χ4n) is 3.71. The minimum Gasteiger partial charge on any atom is -0.346 e. The van der Waals surface area contributed by atoms with Gasteiger partial charge in [-0.15, -0.1) is 0 Å². The lowest BCUT2D eigenvalue weighted by Crippen LogP contribution is -2.48. The number of carbonyl (C=O) groups is 1. The average molecular weight is 380 g/mol. The summed E-state index contributed by atoms with van der Waals surface area (Å²) in [6.45, 7) is 4.46. The first-order valence-electron chi connectivity index (χ1n) is 9.48. The molecular formula is C22H25N3OS. The lowest BCUT2D eigenvalue weighted by Gasteiger charge is -2.35. The highest BCUT2D eigenvalue weighted by Crippen LogP contribution is 2.25. The van der Waals surface area contributed by atoms with Crippen molar-refractivity contribution in [1.29, 1.82) is 0 Å². The second-order valence-electron chi connectivity index (χ2n) is 7.05. The monoisotopic (exact) mass is 379 g/mol. The molecule has 1 aromatic carbocycles. The third kappa shape index (κ3) is 4.49. The van der Waals surface area contributed by atoms with Gasteiger partial charge in [0.2, 0.25) is 5.91 Å². The normalized spacial score (nSPS) is 16.4. The van der Waals surface area contributed by atoms with Gasteiger partial charge in [-0.2, -0.15) is 11.3 Å². The van der Waals surface area contributed by atoms with Gasteiger partial charge in [-0.05, 0) is 40.1 Å². The van der Waals surface area contributed by atoms with Crippen molar-refractivity contribution in [2.24, 2.45) is 0 Å².